The summed E-state index contributed by atoms with van der Waals surface area (Å²) in [6, 6.07) is 60.9. The smallest absolute Gasteiger partial charge is 0.0361 e. The normalized spacial score (nSPS) is 11.9. The van der Waals surface area contributed by atoms with Crippen molar-refractivity contribution in [2.75, 3.05) is 0 Å². The maximum atomic E-state index is 2.44. The molecule has 0 N–H and O–H groups in total. The van der Waals surface area contributed by atoms with Crippen LogP contribution in [-0.2, 0) is 0 Å². The summed E-state index contributed by atoms with van der Waals surface area (Å²) in [5.41, 5.74) is 11.7. The van der Waals surface area contributed by atoms with E-state index in [1.807, 2.05) is 11.3 Å². The van der Waals surface area contributed by atoms with Crippen molar-refractivity contribution < 1.29 is 0 Å². The van der Waals surface area contributed by atoms with Gasteiger partial charge in [-0.1, -0.05) is 146 Å². The summed E-state index contributed by atoms with van der Waals surface area (Å²) in [6.07, 6.45) is 0. The Kier molecular flexibility index (Phi) is 6.92. The molecular formula is C51H32S2. The van der Waals surface area contributed by atoms with Crippen molar-refractivity contribution in [2.45, 2.75) is 6.92 Å². The maximum absolute atomic E-state index is 2.44. The number of rotatable bonds is 4. The molecule has 11 aromatic rings. The van der Waals surface area contributed by atoms with Crippen molar-refractivity contribution in [1.82, 2.24) is 0 Å². The molecule has 0 fully saturated rings. The van der Waals surface area contributed by atoms with E-state index in [9.17, 15) is 0 Å². The Bertz CT molecular complexity index is 3120. The van der Waals surface area contributed by atoms with Crippen molar-refractivity contribution in [3.8, 4) is 44.5 Å². The molecule has 0 amide bonds. The first-order valence-electron chi connectivity index (χ1n) is 18.2. The largest absolute Gasteiger partial charge is 0.151 e. The molecule has 0 radical (unpaired) electrons. The molecule has 11 rings (SSSR count). The topological polar surface area (TPSA) is 0 Å². The van der Waals surface area contributed by atoms with Crippen LogP contribution in [0.5, 0.6) is 0 Å². The SMILES string of the molecule is Cc1cscc1-c1c2ccccc2c(-c2ccc3c(c2)sc2ccc(-c4c5ccccc5c(-c5ccccc5)c5ccccc45)cc23)c2ccccc12. The lowest BCUT2D eigenvalue weighted by molar-refractivity contribution is 1.55. The minimum atomic E-state index is 1.25. The third-order valence-corrected chi connectivity index (χ3v) is 13.1. The summed E-state index contributed by atoms with van der Waals surface area (Å²) in [5, 5.41) is 17.5. The van der Waals surface area contributed by atoms with Crippen LogP contribution in [0.4, 0.5) is 0 Å². The summed E-state index contributed by atoms with van der Waals surface area (Å²) in [4.78, 5) is 0. The van der Waals surface area contributed by atoms with Gasteiger partial charge in [0.2, 0.25) is 0 Å². The minimum Gasteiger partial charge on any atom is -0.151 e. The quantitative estimate of drug-likeness (QED) is 0.160. The van der Waals surface area contributed by atoms with Crippen molar-refractivity contribution in [3.63, 3.8) is 0 Å². The predicted octanol–water partition coefficient (Wildman–Crippen LogP) is 15.7. The van der Waals surface area contributed by atoms with Gasteiger partial charge in [-0.3, -0.25) is 0 Å². The Hall–Kier alpha value is -6.06. The molecule has 0 aliphatic rings. The standard InChI is InChI=1S/C51H32S2/c1-31-29-52-30-45(31)51-42-21-11-9-19-40(42)50(41-20-10-12-22-43(41)51)34-23-25-35-44-27-33(24-26-46(44)53-47(35)28-34)49-38-17-7-5-15-36(38)48(32-13-3-2-4-14-32)37-16-6-8-18-39(37)49/h2-30H,1H3. The molecule has 0 nitrogen and oxygen atoms in total. The van der Waals surface area contributed by atoms with Gasteiger partial charge in [-0.15, -0.1) is 11.3 Å². The summed E-state index contributed by atoms with van der Waals surface area (Å²) in [7, 11) is 0. The van der Waals surface area contributed by atoms with E-state index >= 15 is 0 Å². The Morgan fingerprint density at radius 3 is 1.28 bits per heavy atom. The van der Waals surface area contributed by atoms with Gasteiger partial charge < -0.3 is 0 Å². The molecule has 0 saturated heterocycles. The van der Waals surface area contributed by atoms with E-state index in [2.05, 4.69) is 181 Å². The highest BCUT2D eigenvalue weighted by Crippen LogP contribution is 2.48. The predicted molar refractivity (Wildman–Crippen MR) is 234 cm³/mol. The third kappa shape index (κ3) is 4.66. The Morgan fingerprint density at radius 2 is 0.774 bits per heavy atom. The van der Waals surface area contributed by atoms with E-state index in [1.165, 1.54) is 113 Å². The van der Waals surface area contributed by atoms with Gasteiger partial charge in [0.05, 0.1) is 0 Å². The monoisotopic (exact) mass is 708 g/mol. The average molecular weight is 709 g/mol. The van der Waals surface area contributed by atoms with Crippen molar-refractivity contribution in [1.29, 1.82) is 0 Å². The van der Waals surface area contributed by atoms with Gasteiger partial charge in [0.1, 0.15) is 0 Å². The van der Waals surface area contributed by atoms with Crippen molar-refractivity contribution in [3.05, 3.63) is 180 Å². The van der Waals surface area contributed by atoms with Crippen LogP contribution in [0.25, 0.3) is 108 Å². The molecule has 53 heavy (non-hydrogen) atoms. The Balaban J connectivity index is 1.13. The molecule has 2 heterocycles. The van der Waals surface area contributed by atoms with E-state index in [1.54, 1.807) is 11.3 Å². The summed E-state index contributed by atoms with van der Waals surface area (Å²) in [5.74, 6) is 0. The first-order chi connectivity index (χ1) is 26.2. The first-order valence-corrected chi connectivity index (χ1v) is 19.9. The number of hydrogen-bond acceptors (Lipinski definition) is 2. The van der Waals surface area contributed by atoms with Crippen LogP contribution in [0.1, 0.15) is 5.56 Å². The van der Waals surface area contributed by atoms with Gasteiger partial charge in [0, 0.05) is 20.2 Å². The lowest BCUT2D eigenvalue weighted by Gasteiger charge is -2.18. The molecular weight excluding hydrogens is 677 g/mol. The lowest BCUT2D eigenvalue weighted by Crippen LogP contribution is -1.91. The second-order valence-electron chi connectivity index (χ2n) is 14.0. The molecule has 0 saturated carbocycles. The number of fused-ring (bicyclic) bond motifs is 7. The molecule has 0 atom stereocenters. The number of benzene rings is 9. The zero-order valence-electron chi connectivity index (χ0n) is 29.1. The van der Waals surface area contributed by atoms with E-state index in [4.69, 9.17) is 0 Å². The molecule has 0 aliphatic carbocycles. The van der Waals surface area contributed by atoms with E-state index in [0.29, 0.717) is 0 Å². The second-order valence-corrected chi connectivity index (χ2v) is 15.9. The number of aryl methyl sites for hydroxylation is 1. The van der Waals surface area contributed by atoms with Crippen LogP contribution < -0.4 is 0 Å². The zero-order chi connectivity index (χ0) is 35.0. The average Bonchev–Trinajstić information content (AvgIpc) is 3.81. The second kappa shape index (κ2) is 12.0. The van der Waals surface area contributed by atoms with Gasteiger partial charge in [-0.05, 0) is 129 Å². The van der Waals surface area contributed by atoms with Crippen LogP contribution in [0.15, 0.2) is 175 Å². The van der Waals surface area contributed by atoms with Gasteiger partial charge in [0.15, 0.2) is 0 Å². The highest BCUT2D eigenvalue weighted by atomic mass is 32.1. The van der Waals surface area contributed by atoms with Crippen molar-refractivity contribution >= 4 is 85.9 Å². The lowest BCUT2D eigenvalue weighted by atomic mass is 9.85. The fourth-order valence-corrected chi connectivity index (χ4v) is 10.8. The Morgan fingerprint density at radius 1 is 0.321 bits per heavy atom. The van der Waals surface area contributed by atoms with Gasteiger partial charge in [0.25, 0.3) is 0 Å². The molecule has 9 aromatic carbocycles. The van der Waals surface area contributed by atoms with Crippen LogP contribution in [0, 0.1) is 6.92 Å². The molecule has 248 valence electrons. The summed E-state index contributed by atoms with van der Waals surface area (Å²) < 4.78 is 2.63. The zero-order valence-corrected chi connectivity index (χ0v) is 30.7. The van der Waals surface area contributed by atoms with Crippen LogP contribution in [0.2, 0.25) is 0 Å². The minimum absolute atomic E-state index is 1.25. The van der Waals surface area contributed by atoms with Gasteiger partial charge in [-0.25, -0.2) is 0 Å². The van der Waals surface area contributed by atoms with E-state index < -0.39 is 0 Å². The van der Waals surface area contributed by atoms with Crippen molar-refractivity contribution in [2.24, 2.45) is 0 Å². The maximum Gasteiger partial charge on any atom is 0.0361 e. The van der Waals surface area contributed by atoms with Crippen LogP contribution in [0.3, 0.4) is 0 Å². The highest BCUT2D eigenvalue weighted by Gasteiger charge is 2.20. The third-order valence-electron chi connectivity index (χ3n) is 11.1. The summed E-state index contributed by atoms with van der Waals surface area (Å²) >= 11 is 3.68. The fourth-order valence-electron chi connectivity index (χ4n) is 8.79. The van der Waals surface area contributed by atoms with Gasteiger partial charge >= 0.3 is 0 Å². The highest BCUT2D eigenvalue weighted by molar-refractivity contribution is 7.25. The van der Waals surface area contributed by atoms with Crippen LogP contribution >= 0.6 is 22.7 Å². The van der Waals surface area contributed by atoms with E-state index in [0.717, 1.165) is 0 Å². The first kappa shape index (κ1) is 30.6. The van der Waals surface area contributed by atoms with E-state index in [-0.39, 0.29) is 0 Å². The summed E-state index contributed by atoms with van der Waals surface area (Å²) in [6.45, 7) is 2.23. The molecule has 0 unspecified atom stereocenters. The molecule has 0 bridgehead atoms. The molecule has 0 aliphatic heterocycles. The van der Waals surface area contributed by atoms with Gasteiger partial charge in [-0.2, -0.15) is 11.3 Å². The molecule has 0 spiro atoms. The number of thiophene rings is 2. The fraction of sp³-hybridized carbons (Fsp3) is 0.0196. The number of hydrogen-bond donors (Lipinski definition) is 0. The van der Waals surface area contributed by atoms with Crippen LogP contribution in [-0.4, -0.2) is 0 Å². The molecule has 2 aromatic heterocycles. The Labute approximate surface area is 315 Å². The molecule has 2 heteroatoms.